The first-order valence-corrected chi connectivity index (χ1v) is 13.7. The molecule has 0 radical (unpaired) electrons. The van der Waals surface area contributed by atoms with Gasteiger partial charge in [-0.3, -0.25) is 9.59 Å². The number of carbonyl (C=O) groups excluding carboxylic acids is 2. The minimum absolute atomic E-state index is 0.106. The summed E-state index contributed by atoms with van der Waals surface area (Å²) in [6.07, 6.45) is 0. The average molecular weight is 583 g/mol. The smallest absolute Gasteiger partial charge is 0.251 e. The number of hydrogen-bond acceptors (Lipinski definition) is 6. The van der Waals surface area contributed by atoms with Crippen LogP contribution in [0.25, 0.3) is 11.0 Å². The lowest BCUT2D eigenvalue weighted by atomic mass is 10.0. The highest BCUT2D eigenvalue weighted by atomic mass is 35.5. The Hall–Kier alpha value is -4.89. The van der Waals surface area contributed by atoms with Gasteiger partial charge in [0.1, 0.15) is 23.9 Å². The fraction of sp³-hybridized carbons (Fsp3) is 0.188. The maximum Gasteiger partial charge on any atom is 0.251 e. The van der Waals surface area contributed by atoms with Crippen molar-refractivity contribution in [2.24, 2.45) is 0 Å². The largest absolute Gasteiger partial charge is 0.497 e. The molecule has 1 aromatic heterocycles. The molecule has 0 aliphatic rings. The van der Waals surface area contributed by atoms with Crippen LogP contribution in [0.2, 0.25) is 5.02 Å². The monoisotopic (exact) mass is 582 g/mol. The van der Waals surface area contributed by atoms with Gasteiger partial charge in [-0.1, -0.05) is 53.2 Å². The fourth-order valence-electron chi connectivity index (χ4n) is 4.68. The number of carbonyl (C=O) groups is 2. The molecule has 4 aromatic carbocycles. The lowest BCUT2D eigenvalue weighted by Gasteiger charge is -2.32. The first-order valence-electron chi connectivity index (χ1n) is 13.4. The summed E-state index contributed by atoms with van der Waals surface area (Å²) >= 11 is 6.20. The van der Waals surface area contributed by atoms with Gasteiger partial charge in [0.2, 0.25) is 5.91 Å². The van der Waals surface area contributed by atoms with Crippen LogP contribution in [0.15, 0.2) is 97.1 Å². The summed E-state index contributed by atoms with van der Waals surface area (Å²) in [7, 11) is 5.50. The molecule has 5 rings (SSSR count). The first-order chi connectivity index (χ1) is 20.3. The van der Waals surface area contributed by atoms with Crippen LogP contribution in [0, 0.1) is 0 Å². The van der Waals surface area contributed by atoms with E-state index in [1.807, 2.05) is 91.8 Å². The quantitative estimate of drug-likeness (QED) is 0.231. The molecular formula is C32H31ClN6O3. The number of aromatic nitrogens is 3. The normalized spacial score (nSPS) is 11.6. The highest BCUT2D eigenvalue weighted by Crippen LogP contribution is 2.28. The second-order valence-corrected chi connectivity index (χ2v) is 10.4. The number of nitrogens with one attached hydrogen (secondary N) is 1. The van der Waals surface area contributed by atoms with Crippen LogP contribution in [0.3, 0.4) is 0 Å². The van der Waals surface area contributed by atoms with Crippen molar-refractivity contribution in [2.45, 2.75) is 19.1 Å². The Labute approximate surface area is 249 Å². The number of para-hydroxylation sites is 1. The van der Waals surface area contributed by atoms with E-state index in [0.29, 0.717) is 27.5 Å². The molecule has 0 fully saturated rings. The van der Waals surface area contributed by atoms with Crippen LogP contribution in [-0.4, -0.2) is 52.9 Å². The van der Waals surface area contributed by atoms with E-state index in [0.717, 1.165) is 16.8 Å². The molecule has 0 aliphatic heterocycles. The standard InChI is InChI=1S/C32H31ClN6O3/c1-37(2)26-16-14-25(15-17-26)34-32(41)31(23-10-12-24(33)13-11-23)38(20-22-8-18-27(42-3)19-9-22)30(40)21-39-29-7-5-4-6-28(29)35-36-39/h4-19,31H,20-21H2,1-3H3,(H,34,41). The lowest BCUT2D eigenvalue weighted by molar-refractivity contribution is -0.140. The molecule has 0 spiro atoms. The molecule has 5 aromatic rings. The number of anilines is 2. The molecule has 0 aliphatic carbocycles. The van der Waals surface area contributed by atoms with Gasteiger partial charge in [-0.05, 0) is 71.8 Å². The lowest BCUT2D eigenvalue weighted by Crippen LogP contribution is -2.42. The third-order valence-electron chi connectivity index (χ3n) is 6.93. The maximum absolute atomic E-state index is 14.1. The van der Waals surface area contributed by atoms with Crippen molar-refractivity contribution in [2.75, 3.05) is 31.4 Å². The summed E-state index contributed by atoms with van der Waals surface area (Å²) in [5.41, 5.74) is 4.47. The first kappa shape index (κ1) is 28.6. The number of methoxy groups -OCH3 is 1. The van der Waals surface area contributed by atoms with Crippen molar-refractivity contribution in [3.63, 3.8) is 0 Å². The molecule has 214 valence electrons. The molecule has 10 heteroatoms. The zero-order chi connectivity index (χ0) is 29.6. The van der Waals surface area contributed by atoms with Gasteiger partial charge in [-0.2, -0.15) is 0 Å². The topological polar surface area (TPSA) is 92.6 Å². The van der Waals surface area contributed by atoms with Crippen molar-refractivity contribution in [3.8, 4) is 5.75 Å². The zero-order valence-electron chi connectivity index (χ0n) is 23.6. The molecule has 1 unspecified atom stereocenters. The van der Waals surface area contributed by atoms with Gasteiger partial charge in [-0.25, -0.2) is 4.68 Å². The van der Waals surface area contributed by atoms with Gasteiger partial charge in [0.25, 0.3) is 5.91 Å². The number of hydrogen-bond donors (Lipinski definition) is 1. The second kappa shape index (κ2) is 12.7. The van der Waals surface area contributed by atoms with Crippen LogP contribution in [0.4, 0.5) is 11.4 Å². The van der Waals surface area contributed by atoms with E-state index in [4.69, 9.17) is 16.3 Å². The summed E-state index contributed by atoms with van der Waals surface area (Å²) in [6, 6.07) is 28.3. The minimum Gasteiger partial charge on any atom is -0.497 e. The molecule has 0 bridgehead atoms. The molecule has 1 heterocycles. The van der Waals surface area contributed by atoms with Crippen molar-refractivity contribution in [3.05, 3.63) is 113 Å². The van der Waals surface area contributed by atoms with E-state index >= 15 is 0 Å². The second-order valence-electron chi connectivity index (χ2n) is 9.99. The van der Waals surface area contributed by atoms with Gasteiger partial charge in [0.15, 0.2) is 0 Å². The molecule has 42 heavy (non-hydrogen) atoms. The van der Waals surface area contributed by atoms with E-state index < -0.39 is 6.04 Å². The SMILES string of the molecule is COc1ccc(CN(C(=O)Cn2nnc3ccccc32)C(C(=O)Nc2ccc(N(C)C)cc2)c2ccc(Cl)cc2)cc1. The van der Waals surface area contributed by atoms with Crippen molar-refractivity contribution in [1.82, 2.24) is 19.9 Å². The van der Waals surface area contributed by atoms with Gasteiger partial charge >= 0.3 is 0 Å². The predicted octanol–water partition coefficient (Wildman–Crippen LogP) is 5.57. The van der Waals surface area contributed by atoms with Crippen LogP contribution in [0.5, 0.6) is 5.75 Å². The summed E-state index contributed by atoms with van der Waals surface area (Å²) < 4.78 is 6.86. The van der Waals surface area contributed by atoms with Gasteiger partial charge in [-0.15, -0.1) is 5.10 Å². The molecule has 1 atom stereocenters. The Kier molecular flexibility index (Phi) is 8.68. The molecule has 0 saturated heterocycles. The Morgan fingerprint density at radius 1 is 0.929 bits per heavy atom. The molecule has 2 amide bonds. The Morgan fingerprint density at radius 2 is 1.62 bits per heavy atom. The Balaban J connectivity index is 1.53. The van der Waals surface area contributed by atoms with Gasteiger partial charge in [0, 0.05) is 37.0 Å². The van der Waals surface area contributed by atoms with E-state index in [1.54, 1.807) is 41.0 Å². The van der Waals surface area contributed by atoms with Crippen molar-refractivity contribution in [1.29, 1.82) is 0 Å². The highest BCUT2D eigenvalue weighted by Gasteiger charge is 2.32. The number of rotatable bonds is 10. The molecule has 9 nitrogen and oxygen atoms in total. The average Bonchev–Trinajstić information content (AvgIpc) is 3.41. The van der Waals surface area contributed by atoms with Crippen LogP contribution >= 0.6 is 11.6 Å². The van der Waals surface area contributed by atoms with E-state index in [9.17, 15) is 9.59 Å². The van der Waals surface area contributed by atoms with E-state index in [2.05, 4.69) is 15.6 Å². The number of ether oxygens (including phenoxy) is 1. The number of benzene rings is 4. The van der Waals surface area contributed by atoms with Gasteiger partial charge < -0.3 is 19.9 Å². The van der Waals surface area contributed by atoms with Crippen LogP contribution < -0.4 is 15.0 Å². The minimum atomic E-state index is -0.972. The fourth-order valence-corrected chi connectivity index (χ4v) is 4.80. The molecular weight excluding hydrogens is 552 g/mol. The van der Waals surface area contributed by atoms with Crippen molar-refractivity contribution < 1.29 is 14.3 Å². The van der Waals surface area contributed by atoms with Crippen molar-refractivity contribution >= 4 is 45.8 Å². The van der Waals surface area contributed by atoms with Crippen LogP contribution in [0.1, 0.15) is 17.2 Å². The predicted molar refractivity (Wildman–Crippen MR) is 165 cm³/mol. The van der Waals surface area contributed by atoms with E-state index in [1.165, 1.54) is 0 Å². The van der Waals surface area contributed by atoms with Crippen LogP contribution in [-0.2, 0) is 22.7 Å². The summed E-state index contributed by atoms with van der Waals surface area (Å²) in [6.45, 7) is 0.0569. The maximum atomic E-state index is 14.1. The molecule has 0 saturated carbocycles. The highest BCUT2D eigenvalue weighted by molar-refractivity contribution is 6.30. The Bertz CT molecular complexity index is 1670. The Morgan fingerprint density at radius 3 is 2.29 bits per heavy atom. The van der Waals surface area contributed by atoms with Gasteiger partial charge in [0.05, 0.1) is 12.6 Å². The molecule has 1 N–H and O–H groups in total. The zero-order valence-corrected chi connectivity index (χ0v) is 24.3. The summed E-state index contributed by atoms with van der Waals surface area (Å²) in [4.78, 5) is 31.7. The summed E-state index contributed by atoms with van der Waals surface area (Å²) in [5.74, 6) is 0.0265. The third kappa shape index (κ3) is 6.53. The number of amides is 2. The number of halogens is 1. The summed E-state index contributed by atoms with van der Waals surface area (Å²) in [5, 5.41) is 11.9. The third-order valence-corrected chi connectivity index (χ3v) is 7.19. The number of fused-ring (bicyclic) bond motifs is 1. The number of nitrogens with zero attached hydrogens (tertiary/aromatic N) is 5. The van der Waals surface area contributed by atoms with E-state index in [-0.39, 0.29) is 24.9 Å².